The van der Waals surface area contributed by atoms with Gasteiger partial charge in [-0.15, -0.1) is 0 Å². The predicted octanol–water partition coefficient (Wildman–Crippen LogP) is 5.63. The van der Waals surface area contributed by atoms with E-state index in [4.69, 9.17) is 11.6 Å². The minimum Gasteiger partial charge on any atom is -0.335 e. The molecule has 3 aromatic carbocycles. The number of H-pyrrole nitrogens is 1. The second-order valence-electron chi connectivity index (χ2n) is 10.1. The molecule has 0 amide bonds. The van der Waals surface area contributed by atoms with Gasteiger partial charge in [0.15, 0.2) is 22.9 Å². The van der Waals surface area contributed by atoms with Crippen LogP contribution >= 0.6 is 11.6 Å². The third kappa shape index (κ3) is 3.43. The number of hydrogen-bond donors (Lipinski definition) is 2. The summed E-state index contributed by atoms with van der Waals surface area (Å²) in [5.74, 6) is -2.29. The number of rotatable bonds is 5. The number of imidazole rings is 1. The molecule has 37 heavy (non-hydrogen) atoms. The highest BCUT2D eigenvalue weighted by atomic mass is 35.5. The topological polar surface area (TPSA) is 91.9 Å². The highest BCUT2D eigenvalue weighted by Crippen LogP contribution is 2.51. The molecule has 2 heterocycles. The number of nitrogens with one attached hydrogen (secondary N) is 2. The molecule has 4 atom stereocenters. The molecule has 6 nitrogen and oxygen atoms in total. The lowest BCUT2D eigenvalue weighted by atomic mass is 9.69. The molecule has 4 aromatic rings. The molecular formula is C30H26ClN3O3. The summed E-state index contributed by atoms with van der Waals surface area (Å²) in [6.45, 7) is 4.15. The molecule has 2 N–H and O–H groups in total. The van der Waals surface area contributed by atoms with Crippen LogP contribution in [0.25, 0.3) is 11.0 Å². The minimum atomic E-state index is -1.71. The first-order valence-electron chi connectivity index (χ1n) is 12.6. The monoisotopic (exact) mass is 511 g/mol. The van der Waals surface area contributed by atoms with Crippen LogP contribution in [0.2, 0.25) is 5.02 Å². The second kappa shape index (κ2) is 8.75. The number of nitrogens with zero attached hydrogens (tertiary/aromatic N) is 1. The lowest BCUT2D eigenvalue weighted by Gasteiger charge is -2.29. The van der Waals surface area contributed by atoms with Crippen LogP contribution in [-0.4, -0.2) is 38.9 Å². The van der Waals surface area contributed by atoms with Crippen molar-refractivity contribution in [3.05, 3.63) is 100 Å². The first-order valence-corrected chi connectivity index (χ1v) is 13.0. The zero-order chi connectivity index (χ0) is 25.9. The lowest BCUT2D eigenvalue weighted by molar-refractivity contribution is 0.0652. The zero-order valence-corrected chi connectivity index (χ0v) is 21.3. The number of hydrogen-bond acceptors (Lipinski definition) is 5. The van der Waals surface area contributed by atoms with E-state index in [2.05, 4.69) is 29.1 Å². The molecule has 1 aliphatic carbocycles. The summed E-state index contributed by atoms with van der Waals surface area (Å²) in [7, 11) is 0. The summed E-state index contributed by atoms with van der Waals surface area (Å²) in [5, 5.41) is 4.04. The van der Waals surface area contributed by atoms with Crippen molar-refractivity contribution in [3.63, 3.8) is 0 Å². The number of halogens is 1. The molecule has 1 spiro atoms. The number of aromatic nitrogens is 2. The van der Waals surface area contributed by atoms with Gasteiger partial charge in [0, 0.05) is 28.1 Å². The fourth-order valence-electron chi connectivity index (χ4n) is 6.15. The normalized spacial score (nSPS) is 23.1. The van der Waals surface area contributed by atoms with Crippen LogP contribution in [0.1, 0.15) is 63.1 Å². The molecule has 1 aliphatic heterocycles. The summed E-state index contributed by atoms with van der Waals surface area (Å²) in [6.07, 6.45) is 0.804. The number of carbonyl (C=O) groups is 3. The molecule has 1 fully saturated rings. The van der Waals surface area contributed by atoms with Gasteiger partial charge in [-0.2, -0.15) is 0 Å². The van der Waals surface area contributed by atoms with Gasteiger partial charge in [0.1, 0.15) is 0 Å². The Labute approximate surface area is 219 Å². The Morgan fingerprint density at radius 3 is 2.22 bits per heavy atom. The minimum absolute atomic E-state index is 0.0790. The molecule has 6 rings (SSSR count). The molecule has 2 aliphatic rings. The Balaban J connectivity index is 1.59. The van der Waals surface area contributed by atoms with E-state index in [0.717, 1.165) is 17.5 Å². The SMILES string of the molecule is CCC(C)C1NC2(C(=O)c3ccccc3C2=O)C(C(=O)c2nc3ccccc3[nH]2)C1c1ccc(Cl)cc1. The highest BCUT2D eigenvalue weighted by Gasteiger charge is 2.68. The van der Waals surface area contributed by atoms with Crippen molar-refractivity contribution < 1.29 is 14.4 Å². The van der Waals surface area contributed by atoms with E-state index in [1.54, 1.807) is 36.4 Å². The summed E-state index contributed by atoms with van der Waals surface area (Å²) in [6, 6.07) is 21.3. The zero-order valence-electron chi connectivity index (χ0n) is 20.5. The van der Waals surface area contributed by atoms with Crippen LogP contribution in [0.5, 0.6) is 0 Å². The molecular weight excluding hydrogens is 486 g/mol. The van der Waals surface area contributed by atoms with Gasteiger partial charge in [-0.3, -0.25) is 19.7 Å². The van der Waals surface area contributed by atoms with E-state index in [1.165, 1.54) is 0 Å². The third-order valence-electron chi connectivity index (χ3n) is 8.16. The van der Waals surface area contributed by atoms with Crippen molar-refractivity contribution >= 4 is 40.0 Å². The van der Waals surface area contributed by atoms with Crippen LogP contribution in [-0.2, 0) is 0 Å². The molecule has 186 valence electrons. The number of Topliss-reactive ketones (excluding diaryl/α,β-unsaturated/α-hetero) is 3. The van der Waals surface area contributed by atoms with E-state index in [9.17, 15) is 14.4 Å². The summed E-state index contributed by atoms with van der Waals surface area (Å²) in [4.78, 5) is 50.5. The van der Waals surface area contributed by atoms with Crippen molar-refractivity contribution in [2.75, 3.05) is 0 Å². The van der Waals surface area contributed by atoms with Gasteiger partial charge < -0.3 is 4.98 Å². The number of aromatic amines is 1. The van der Waals surface area contributed by atoms with Gasteiger partial charge in [0.25, 0.3) is 0 Å². The lowest BCUT2D eigenvalue weighted by Crippen LogP contribution is -2.58. The van der Waals surface area contributed by atoms with Crippen LogP contribution < -0.4 is 5.32 Å². The number of benzene rings is 3. The van der Waals surface area contributed by atoms with Crippen LogP contribution in [0.4, 0.5) is 0 Å². The average Bonchev–Trinajstić information content (AvgIpc) is 3.57. The maximum absolute atomic E-state index is 14.5. The first kappa shape index (κ1) is 23.8. The van der Waals surface area contributed by atoms with Crippen LogP contribution in [0.15, 0.2) is 72.8 Å². The molecule has 0 radical (unpaired) electrons. The fraction of sp³-hybridized carbons (Fsp3) is 0.267. The quantitative estimate of drug-likeness (QED) is 0.267. The largest absolute Gasteiger partial charge is 0.335 e. The molecule has 7 heteroatoms. The van der Waals surface area contributed by atoms with E-state index in [0.29, 0.717) is 21.7 Å². The highest BCUT2D eigenvalue weighted by molar-refractivity contribution is 6.35. The van der Waals surface area contributed by atoms with E-state index < -0.39 is 17.4 Å². The van der Waals surface area contributed by atoms with Gasteiger partial charge >= 0.3 is 0 Å². The number of fused-ring (bicyclic) bond motifs is 2. The Morgan fingerprint density at radius 2 is 1.59 bits per heavy atom. The fourth-order valence-corrected chi connectivity index (χ4v) is 6.28. The van der Waals surface area contributed by atoms with Crippen molar-refractivity contribution in [1.82, 2.24) is 15.3 Å². The van der Waals surface area contributed by atoms with Gasteiger partial charge in [0.05, 0.1) is 17.0 Å². The third-order valence-corrected chi connectivity index (χ3v) is 8.41. The van der Waals surface area contributed by atoms with Crippen molar-refractivity contribution in [1.29, 1.82) is 0 Å². The van der Waals surface area contributed by atoms with Crippen molar-refractivity contribution in [3.8, 4) is 0 Å². The standard InChI is InChI=1S/C30H26ClN3O3/c1-3-16(2)25-23(17-12-14-18(31)15-13-17)24(26(35)29-32-21-10-6-7-11-22(21)33-29)30(34-25)27(36)19-8-4-5-9-20(19)28(30)37/h4-16,23-25,34H,3H2,1-2H3,(H,32,33). The van der Waals surface area contributed by atoms with Gasteiger partial charge in [-0.1, -0.05) is 80.4 Å². The summed E-state index contributed by atoms with van der Waals surface area (Å²) >= 11 is 6.21. The Morgan fingerprint density at radius 1 is 0.973 bits per heavy atom. The van der Waals surface area contributed by atoms with Gasteiger partial charge in [-0.25, -0.2) is 4.98 Å². The number of ketones is 3. The average molecular weight is 512 g/mol. The first-order chi connectivity index (χ1) is 17.9. The smallest absolute Gasteiger partial charge is 0.204 e. The van der Waals surface area contributed by atoms with Crippen molar-refractivity contribution in [2.24, 2.45) is 11.8 Å². The van der Waals surface area contributed by atoms with Crippen molar-refractivity contribution in [2.45, 2.75) is 37.8 Å². The Kier molecular flexibility index (Phi) is 5.62. The molecule has 0 saturated carbocycles. The molecule has 0 bridgehead atoms. The van der Waals surface area contributed by atoms with Crippen LogP contribution in [0, 0.1) is 11.8 Å². The maximum atomic E-state index is 14.5. The Hall–Kier alpha value is -3.61. The second-order valence-corrected chi connectivity index (χ2v) is 10.5. The van der Waals surface area contributed by atoms with Gasteiger partial charge in [0.2, 0.25) is 5.78 Å². The van der Waals surface area contributed by atoms with E-state index in [-0.39, 0.29) is 35.1 Å². The van der Waals surface area contributed by atoms with E-state index in [1.807, 2.05) is 36.4 Å². The number of para-hydroxylation sites is 2. The van der Waals surface area contributed by atoms with Gasteiger partial charge in [-0.05, 0) is 35.7 Å². The summed E-state index contributed by atoms with van der Waals surface area (Å²) in [5.41, 5.74) is 1.21. The number of carbonyl (C=O) groups excluding carboxylic acids is 3. The molecule has 1 saturated heterocycles. The predicted molar refractivity (Wildman–Crippen MR) is 142 cm³/mol. The van der Waals surface area contributed by atoms with E-state index >= 15 is 0 Å². The molecule has 1 aromatic heterocycles. The summed E-state index contributed by atoms with van der Waals surface area (Å²) < 4.78 is 0. The Bertz CT molecular complexity index is 1490. The maximum Gasteiger partial charge on any atom is 0.204 e. The van der Waals surface area contributed by atoms with Crippen LogP contribution in [0.3, 0.4) is 0 Å². The molecule has 4 unspecified atom stereocenters.